The molecule has 0 aliphatic carbocycles. The standard InChI is InChI=1S/C33H52NO3/c1-5-7-8-9-10-11-12-14-20-29-23-19-24-31(27-29)36-33(6-2)37-32(35)25-17-18-26-34(3,4)28-30-21-15-13-16-22-30/h13,15-16,19,21-24,27,33H,5-12,14,17-18,20,25-26,28H2,1-4H3/q+1. The van der Waals surface area contributed by atoms with Crippen molar-refractivity contribution in [1.29, 1.82) is 0 Å². The van der Waals surface area contributed by atoms with Gasteiger partial charge in [-0.2, -0.15) is 0 Å². The Kier molecular flexibility index (Phi) is 15.0. The highest BCUT2D eigenvalue weighted by molar-refractivity contribution is 5.69. The van der Waals surface area contributed by atoms with E-state index in [9.17, 15) is 4.79 Å². The number of benzene rings is 2. The van der Waals surface area contributed by atoms with Crippen LogP contribution >= 0.6 is 0 Å². The molecule has 2 rings (SSSR count). The molecule has 0 radical (unpaired) electrons. The molecule has 0 aliphatic rings. The van der Waals surface area contributed by atoms with Gasteiger partial charge >= 0.3 is 5.97 Å². The summed E-state index contributed by atoms with van der Waals surface area (Å²) in [6.07, 6.45) is 14.1. The van der Waals surface area contributed by atoms with E-state index >= 15 is 0 Å². The largest absolute Gasteiger partial charge is 0.455 e. The van der Waals surface area contributed by atoms with Gasteiger partial charge in [0, 0.05) is 18.4 Å². The zero-order valence-electron chi connectivity index (χ0n) is 24.1. The fourth-order valence-electron chi connectivity index (χ4n) is 4.75. The average molecular weight is 511 g/mol. The van der Waals surface area contributed by atoms with Gasteiger partial charge in [-0.3, -0.25) is 4.79 Å². The highest BCUT2D eigenvalue weighted by Gasteiger charge is 2.17. The summed E-state index contributed by atoms with van der Waals surface area (Å²) in [5, 5.41) is 0. The van der Waals surface area contributed by atoms with Gasteiger partial charge in [-0.1, -0.05) is 101 Å². The third-order valence-electron chi connectivity index (χ3n) is 6.93. The highest BCUT2D eigenvalue weighted by atomic mass is 16.7. The lowest BCUT2D eigenvalue weighted by atomic mass is 10.0. The van der Waals surface area contributed by atoms with Gasteiger partial charge in [0.1, 0.15) is 12.3 Å². The molecule has 4 nitrogen and oxygen atoms in total. The van der Waals surface area contributed by atoms with Crippen LogP contribution in [0.4, 0.5) is 0 Å². The first-order chi connectivity index (χ1) is 17.9. The lowest BCUT2D eigenvalue weighted by Crippen LogP contribution is -2.39. The summed E-state index contributed by atoms with van der Waals surface area (Å²) in [5.41, 5.74) is 2.64. The van der Waals surface area contributed by atoms with Crippen molar-refractivity contribution < 1.29 is 18.8 Å². The van der Waals surface area contributed by atoms with Crippen LogP contribution < -0.4 is 4.74 Å². The molecule has 2 aromatic carbocycles. The van der Waals surface area contributed by atoms with E-state index in [4.69, 9.17) is 9.47 Å². The number of ether oxygens (including phenoxy) is 2. The van der Waals surface area contributed by atoms with Gasteiger partial charge in [0.15, 0.2) is 0 Å². The normalized spacial score (nSPS) is 12.3. The van der Waals surface area contributed by atoms with E-state index in [1.54, 1.807) is 0 Å². The van der Waals surface area contributed by atoms with Crippen LogP contribution in [0.5, 0.6) is 5.75 Å². The van der Waals surface area contributed by atoms with E-state index in [0.29, 0.717) is 12.8 Å². The molecule has 4 heteroatoms. The minimum atomic E-state index is -0.531. The first-order valence-corrected chi connectivity index (χ1v) is 14.7. The molecule has 0 bridgehead atoms. The zero-order valence-corrected chi connectivity index (χ0v) is 24.1. The summed E-state index contributed by atoms with van der Waals surface area (Å²) in [4.78, 5) is 12.5. The Labute approximate surface area is 227 Å². The molecule has 1 atom stereocenters. The Morgan fingerprint density at radius 3 is 2.16 bits per heavy atom. The van der Waals surface area contributed by atoms with Gasteiger partial charge in [-0.25, -0.2) is 0 Å². The van der Waals surface area contributed by atoms with Gasteiger partial charge < -0.3 is 14.0 Å². The topological polar surface area (TPSA) is 35.5 Å². The summed E-state index contributed by atoms with van der Waals surface area (Å²) in [7, 11) is 4.49. The Balaban J connectivity index is 1.65. The molecule has 0 saturated heterocycles. The molecular weight excluding hydrogens is 458 g/mol. The SMILES string of the molecule is CCCCCCCCCCc1cccc(OC(CC)OC(=O)CCCC[N+](C)(C)Cc2ccccc2)c1. The average Bonchev–Trinajstić information content (AvgIpc) is 2.88. The molecule has 0 saturated carbocycles. The summed E-state index contributed by atoms with van der Waals surface area (Å²) >= 11 is 0. The van der Waals surface area contributed by atoms with Crippen LogP contribution in [0.1, 0.15) is 102 Å². The van der Waals surface area contributed by atoms with Crippen LogP contribution in [0.2, 0.25) is 0 Å². The van der Waals surface area contributed by atoms with Crippen molar-refractivity contribution >= 4 is 5.97 Å². The number of hydrogen-bond acceptors (Lipinski definition) is 3. The number of aryl methyl sites for hydroxylation is 1. The summed E-state index contributed by atoms with van der Waals surface area (Å²) in [6, 6.07) is 18.8. The predicted octanol–water partition coefficient (Wildman–Crippen LogP) is 8.47. The van der Waals surface area contributed by atoms with Crippen molar-refractivity contribution in [3.63, 3.8) is 0 Å². The lowest BCUT2D eigenvalue weighted by molar-refractivity contribution is -0.903. The summed E-state index contributed by atoms with van der Waals surface area (Å²) in [6.45, 7) is 6.28. The Hall–Kier alpha value is -2.33. The molecule has 0 amide bonds. The monoisotopic (exact) mass is 510 g/mol. The van der Waals surface area contributed by atoms with Crippen molar-refractivity contribution in [2.75, 3.05) is 20.6 Å². The number of hydrogen-bond donors (Lipinski definition) is 0. The second-order valence-electron chi connectivity index (χ2n) is 11.1. The Morgan fingerprint density at radius 1 is 0.784 bits per heavy atom. The minimum Gasteiger partial charge on any atom is -0.455 e. The second-order valence-corrected chi connectivity index (χ2v) is 11.1. The third kappa shape index (κ3) is 14.3. The molecule has 1 unspecified atom stereocenters. The van der Waals surface area contributed by atoms with Gasteiger partial charge in [0.05, 0.1) is 20.6 Å². The van der Waals surface area contributed by atoms with E-state index in [1.807, 2.05) is 19.1 Å². The molecule has 0 fully saturated rings. The lowest BCUT2D eigenvalue weighted by Gasteiger charge is -2.30. The van der Waals surface area contributed by atoms with Gasteiger partial charge in [0.2, 0.25) is 6.29 Å². The van der Waals surface area contributed by atoms with Crippen molar-refractivity contribution in [2.45, 2.75) is 110 Å². The second kappa shape index (κ2) is 18.0. The van der Waals surface area contributed by atoms with Crippen LogP contribution in [0.3, 0.4) is 0 Å². The summed E-state index contributed by atoms with van der Waals surface area (Å²) in [5.74, 6) is 0.618. The van der Waals surface area contributed by atoms with E-state index in [1.165, 1.54) is 62.5 Å². The molecule has 0 N–H and O–H groups in total. The molecule has 0 aliphatic heterocycles. The molecule has 0 heterocycles. The number of carbonyl (C=O) groups excluding carboxylic acids is 1. The molecule has 2 aromatic rings. The van der Waals surface area contributed by atoms with Crippen molar-refractivity contribution in [1.82, 2.24) is 0 Å². The van der Waals surface area contributed by atoms with E-state index in [-0.39, 0.29) is 5.97 Å². The predicted molar refractivity (Wildman–Crippen MR) is 155 cm³/mol. The number of unbranched alkanes of at least 4 members (excludes halogenated alkanes) is 8. The van der Waals surface area contributed by atoms with Crippen LogP contribution in [0, 0.1) is 0 Å². The first kappa shape index (κ1) is 30.9. The molecular formula is C33H52NO3+. The fraction of sp³-hybridized carbons (Fsp3) is 0.606. The number of nitrogens with zero attached hydrogens (tertiary/aromatic N) is 1. The van der Waals surface area contributed by atoms with Gasteiger partial charge in [0.25, 0.3) is 0 Å². The van der Waals surface area contributed by atoms with Crippen LogP contribution in [-0.4, -0.2) is 37.4 Å². The van der Waals surface area contributed by atoms with Crippen molar-refractivity contribution in [3.05, 3.63) is 65.7 Å². The number of quaternary nitrogens is 1. The van der Waals surface area contributed by atoms with Crippen LogP contribution in [-0.2, 0) is 22.5 Å². The minimum absolute atomic E-state index is 0.171. The van der Waals surface area contributed by atoms with Gasteiger partial charge in [-0.15, -0.1) is 0 Å². The quantitative estimate of drug-likeness (QED) is 0.0775. The van der Waals surface area contributed by atoms with Crippen LogP contribution in [0.25, 0.3) is 0 Å². The maximum Gasteiger partial charge on any atom is 0.308 e. The smallest absolute Gasteiger partial charge is 0.308 e. The molecule has 206 valence electrons. The van der Waals surface area contributed by atoms with E-state index in [2.05, 4.69) is 63.5 Å². The highest BCUT2D eigenvalue weighted by Crippen LogP contribution is 2.19. The number of rotatable bonds is 20. The maximum atomic E-state index is 12.5. The van der Waals surface area contributed by atoms with E-state index in [0.717, 1.165) is 42.6 Å². The maximum absolute atomic E-state index is 12.5. The Morgan fingerprint density at radius 2 is 1.46 bits per heavy atom. The van der Waals surface area contributed by atoms with E-state index < -0.39 is 6.29 Å². The van der Waals surface area contributed by atoms with Crippen LogP contribution in [0.15, 0.2) is 54.6 Å². The van der Waals surface area contributed by atoms with Crippen molar-refractivity contribution in [3.8, 4) is 5.75 Å². The number of carbonyl (C=O) groups is 1. The van der Waals surface area contributed by atoms with Gasteiger partial charge in [-0.05, 0) is 43.4 Å². The zero-order chi connectivity index (χ0) is 26.8. The molecule has 37 heavy (non-hydrogen) atoms. The third-order valence-corrected chi connectivity index (χ3v) is 6.93. The van der Waals surface area contributed by atoms with Crippen molar-refractivity contribution in [2.24, 2.45) is 0 Å². The number of esters is 1. The first-order valence-electron chi connectivity index (χ1n) is 14.7. The fourth-order valence-corrected chi connectivity index (χ4v) is 4.75. The summed E-state index contributed by atoms with van der Waals surface area (Å²) < 4.78 is 12.6. The molecule has 0 aromatic heterocycles. The molecule has 0 spiro atoms. The Bertz CT molecular complexity index is 865.